The van der Waals surface area contributed by atoms with E-state index in [4.69, 9.17) is 14.2 Å². The van der Waals surface area contributed by atoms with Crippen molar-refractivity contribution >= 4 is 23.5 Å². The van der Waals surface area contributed by atoms with Gasteiger partial charge in [0.25, 0.3) is 0 Å². The lowest BCUT2D eigenvalue weighted by Gasteiger charge is -2.20. The predicted octanol–water partition coefficient (Wildman–Crippen LogP) is 5.61. The van der Waals surface area contributed by atoms with E-state index in [1.165, 1.54) is 0 Å². The number of rotatable bonds is 8. The Labute approximate surface area is 205 Å². The normalized spacial score (nSPS) is 13.4. The smallest absolute Gasteiger partial charge is 0.315 e. The number of hydrogen-bond donors (Lipinski definition) is 0. The first-order chi connectivity index (χ1) is 16.9. The van der Waals surface area contributed by atoms with Gasteiger partial charge in [0.15, 0.2) is 5.76 Å². The van der Waals surface area contributed by atoms with Gasteiger partial charge in [-0.25, -0.2) is 0 Å². The van der Waals surface area contributed by atoms with Crippen molar-refractivity contribution in [3.8, 4) is 17.2 Å². The van der Waals surface area contributed by atoms with Crippen LogP contribution in [0.5, 0.6) is 17.2 Å². The van der Waals surface area contributed by atoms with E-state index in [1.54, 1.807) is 37.5 Å². The first-order valence-corrected chi connectivity index (χ1v) is 11.7. The fourth-order valence-electron chi connectivity index (χ4n) is 4.14. The molecule has 0 aliphatic carbocycles. The second-order valence-corrected chi connectivity index (χ2v) is 8.32. The van der Waals surface area contributed by atoms with Gasteiger partial charge in [0.2, 0.25) is 5.78 Å². The molecule has 1 heterocycles. The molecule has 1 aliphatic heterocycles. The number of ether oxygens (including phenoxy) is 3. The Morgan fingerprint density at radius 1 is 0.971 bits per heavy atom. The van der Waals surface area contributed by atoms with Crippen LogP contribution in [0.1, 0.15) is 40.9 Å². The molecule has 180 valence electrons. The Morgan fingerprint density at radius 3 is 2.29 bits per heavy atom. The van der Waals surface area contributed by atoms with Gasteiger partial charge in [0, 0.05) is 24.8 Å². The van der Waals surface area contributed by atoms with E-state index in [0.29, 0.717) is 22.6 Å². The number of aryl methyl sites for hydroxylation is 1. The summed E-state index contributed by atoms with van der Waals surface area (Å²) in [5.74, 6) is 1.14. The highest BCUT2D eigenvalue weighted by Crippen LogP contribution is 2.37. The van der Waals surface area contributed by atoms with E-state index in [1.807, 2.05) is 43.3 Å². The number of carbonyl (C=O) groups is 2. The molecule has 0 saturated heterocycles. The van der Waals surface area contributed by atoms with Crippen molar-refractivity contribution in [2.45, 2.75) is 27.2 Å². The highest BCUT2D eigenvalue weighted by molar-refractivity contribution is 6.15. The molecule has 4 rings (SSSR count). The third-order valence-corrected chi connectivity index (χ3v) is 6.00. The molecule has 0 aromatic heterocycles. The number of Topliss-reactive ketones (excluding diaryl/α,β-unsaturated/α-hetero) is 1. The molecule has 0 saturated carbocycles. The van der Waals surface area contributed by atoms with Gasteiger partial charge < -0.3 is 19.1 Å². The van der Waals surface area contributed by atoms with Crippen molar-refractivity contribution in [1.82, 2.24) is 0 Å². The van der Waals surface area contributed by atoms with Gasteiger partial charge >= 0.3 is 5.97 Å². The number of hydrogen-bond acceptors (Lipinski definition) is 6. The maximum absolute atomic E-state index is 13.0. The summed E-state index contributed by atoms with van der Waals surface area (Å²) in [6, 6.07) is 18.5. The summed E-state index contributed by atoms with van der Waals surface area (Å²) in [7, 11) is 1.59. The van der Waals surface area contributed by atoms with Crippen LogP contribution in [0.15, 0.2) is 66.4 Å². The molecule has 35 heavy (non-hydrogen) atoms. The molecule has 0 unspecified atom stereocenters. The lowest BCUT2D eigenvalue weighted by molar-refractivity contribution is -0.133. The Bertz CT molecular complexity index is 1260. The number of benzene rings is 3. The number of allylic oxidation sites excluding steroid dienone is 1. The van der Waals surface area contributed by atoms with Gasteiger partial charge in [-0.05, 0) is 73.9 Å². The SMILES string of the molecule is CCN(CC)c1ccc(/C=C2\Oc3cc(OC(=O)Cc4ccc(OC)cc4)cc(C)c3C2=O)cc1. The molecular formula is C29H29NO5. The number of methoxy groups -OCH3 is 1. The summed E-state index contributed by atoms with van der Waals surface area (Å²) in [5.41, 5.74) is 4.01. The zero-order valence-electron chi connectivity index (χ0n) is 20.5. The van der Waals surface area contributed by atoms with Crippen LogP contribution in [-0.2, 0) is 11.2 Å². The van der Waals surface area contributed by atoms with Gasteiger partial charge in [-0.15, -0.1) is 0 Å². The van der Waals surface area contributed by atoms with Crippen molar-refractivity contribution in [3.63, 3.8) is 0 Å². The number of nitrogens with zero attached hydrogens (tertiary/aromatic N) is 1. The van der Waals surface area contributed by atoms with Crippen molar-refractivity contribution in [2.75, 3.05) is 25.1 Å². The molecule has 0 spiro atoms. The minimum Gasteiger partial charge on any atom is -0.497 e. The minimum atomic E-state index is -0.400. The first kappa shape index (κ1) is 24.1. The van der Waals surface area contributed by atoms with Crippen LogP contribution in [0.4, 0.5) is 5.69 Å². The molecule has 3 aromatic carbocycles. The van der Waals surface area contributed by atoms with E-state index < -0.39 is 5.97 Å². The quantitative estimate of drug-likeness (QED) is 0.242. The number of carbonyl (C=O) groups excluding carboxylic acids is 2. The first-order valence-electron chi connectivity index (χ1n) is 11.7. The highest BCUT2D eigenvalue weighted by Gasteiger charge is 2.30. The van der Waals surface area contributed by atoms with Crippen LogP contribution in [0.3, 0.4) is 0 Å². The standard InChI is InChI=1S/C29H29NO5/c1-5-30(6-2)22-11-7-20(8-12-22)16-26-29(32)28-19(3)15-24(18-25(28)35-26)34-27(31)17-21-9-13-23(33-4)14-10-21/h7-16,18H,5-6,17H2,1-4H3/b26-16-. The van der Waals surface area contributed by atoms with Gasteiger partial charge in [0.1, 0.15) is 17.2 Å². The lowest BCUT2D eigenvalue weighted by atomic mass is 10.0. The predicted molar refractivity (Wildman–Crippen MR) is 136 cm³/mol. The summed E-state index contributed by atoms with van der Waals surface area (Å²) < 4.78 is 16.6. The molecule has 0 bridgehead atoms. The number of esters is 1. The molecule has 0 fully saturated rings. The zero-order chi connectivity index (χ0) is 24.9. The molecule has 0 radical (unpaired) electrons. The van der Waals surface area contributed by atoms with Crippen LogP contribution >= 0.6 is 0 Å². The molecule has 0 amide bonds. The molecule has 6 heteroatoms. The summed E-state index contributed by atoms with van der Waals surface area (Å²) >= 11 is 0. The van der Waals surface area contributed by atoms with Gasteiger partial charge in [-0.2, -0.15) is 0 Å². The summed E-state index contributed by atoms with van der Waals surface area (Å²) in [6.45, 7) is 7.91. The van der Waals surface area contributed by atoms with Crippen molar-refractivity contribution in [3.05, 3.63) is 88.7 Å². The zero-order valence-corrected chi connectivity index (χ0v) is 20.5. The average Bonchev–Trinajstić information content (AvgIpc) is 3.16. The van der Waals surface area contributed by atoms with Crippen molar-refractivity contribution in [1.29, 1.82) is 0 Å². The molecule has 3 aromatic rings. The third kappa shape index (κ3) is 5.38. The number of ketones is 1. The highest BCUT2D eigenvalue weighted by atomic mass is 16.5. The van der Waals surface area contributed by atoms with Crippen LogP contribution in [0, 0.1) is 6.92 Å². The molecule has 0 N–H and O–H groups in total. The second-order valence-electron chi connectivity index (χ2n) is 8.32. The Hall–Kier alpha value is -4.06. The monoisotopic (exact) mass is 471 g/mol. The summed E-state index contributed by atoms with van der Waals surface area (Å²) in [5, 5.41) is 0. The Kier molecular flexibility index (Phi) is 7.20. The van der Waals surface area contributed by atoms with E-state index >= 15 is 0 Å². The van der Waals surface area contributed by atoms with Crippen molar-refractivity contribution < 1.29 is 23.8 Å². The average molecular weight is 472 g/mol. The lowest BCUT2D eigenvalue weighted by Crippen LogP contribution is -2.21. The van der Waals surface area contributed by atoms with Gasteiger partial charge in [-0.1, -0.05) is 24.3 Å². The molecular weight excluding hydrogens is 442 g/mol. The topological polar surface area (TPSA) is 65.1 Å². The van der Waals surface area contributed by atoms with E-state index in [2.05, 4.69) is 18.7 Å². The summed E-state index contributed by atoms with van der Waals surface area (Å²) in [6.07, 6.45) is 1.86. The van der Waals surface area contributed by atoms with E-state index in [-0.39, 0.29) is 18.0 Å². The maximum Gasteiger partial charge on any atom is 0.315 e. The Morgan fingerprint density at radius 2 is 1.66 bits per heavy atom. The van der Waals surface area contributed by atoms with Gasteiger partial charge in [-0.3, -0.25) is 9.59 Å². The fourth-order valence-corrected chi connectivity index (χ4v) is 4.14. The summed E-state index contributed by atoms with van der Waals surface area (Å²) in [4.78, 5) is 27.7. The third-order valence-electron chi connectivity index (χ3n) is 6.00. The van der Waals surface area contributed by atoms with Crippen LogP contribution in [0.25, 0.3) is 6.08 Å². The van der Waals surface area contributed by atoms with Crippen LogP contribution in [0.2, 0.25) is 0 Å². The van der Waals surface area contributed by atoms with Crippen LogP contribution < -0.4 is 19.1 Å². The maximum atomic E-state index is 13.0. The second kappa shape index (κ2) is 10.5. The molecule has 1 aliphatic rings. The van der Waals surface area contributed by atoms with Crippen LogP contribution in [-0.4, -0.2) is 32.0 Å². The Balaban J connectivity index is 1.48. The number of fused-ring (bicyclic) bond motifs is 1. The van der Waals surface area contributed by atoms with Crippen molar-refractivity contribution in [2.24, 2.45) is 0 Å². The molecule has 6 nitrogen and oxygen atoms in total. The minimum absolute atomic E-state index is 0.120. The number of anilines is 1. The fraction of sp³-hybridized carbons (Fsp3) is 0.241. The van der Waals surface area contributed by atoms with E-state index in [0.717, 1.165) is 35.7 Å². The van der Waals surface area contributed by atoms with E-state index in [9.17, 15) is 9.59 Å². The molecule has 0 atom stereocenters. The van der Waals surface area contributed by atoms with Gasteiger partial charge in [0.05, 0.1) is 19.1 Å². The largest absolute Gasteiger partial charge is 0.497 e.